The van der Waals surface area contributed by atoms with Gasteiger partial charge in [0.15, 0.2) is 11.0 Å². The van der Waals surface area contributed by atoms with Crippen LogP contribution in [0.15, 0.2) is 6.07 Å². The van der Waals surface area contributed by atoms with Gasteiger partial charge in [0.2, 0.25) is 0 Å². The van der Waals surface area contributed by atoms with Crippen LogP contribution in [-0.4, -0.2) is 40.8 Å². The van der Waals surface area contributed by atoms with Gasteiger partial charge in [0.05, 0.1) is 0 Å². The van der Waals surface area contributed by atoms with Crippen molar-refractivity contribution in [1.29, 1.82) is 0 Å². The minimum absolute atomic E-state index is 0.488. The average Bonchev–Trinajstić information content (AvgIpc) is 3.25. The van der Waals surface area contributed by atoms with E-state index in [1.165, 1.54) is 37.8 Å². The van der Waals surface area contributed by atoms with Crippen molar-refractivity contribution in [2.45, 2.75) is 44.6 Å². The van der Waals surface area contributed by atoms with E-state index in [1.807, 2.05) is 6.07 Å². The summed E-state index contributed by atoms with van der Waals surface area (Å²) in [4.78, 5) is 2.49. The standard InChI is InChI=1S/C14H21ClN4/c1-2-19-7-3-4-11(9-19)16-14-12(10-5-6-10)8-13(15)17-18-14/h8,10-11H,2-7,9H2,1H3,(H,16,18)/t11-/m1/s1. The van der Waals surface area contributed by atoms with Crippen molar-refractivity contribution in [2.75, 3.05) is 25.0 Å². The first kappa shape index (κ1) is 13.1. The van der Waals surface area contributed by atoms with Crippen molar-refractivity contribution in [3.63, 3.8) is 0 Å². The summed E-state index contributed by atoms with van der Waals surface area (Å²) in [5.74, 6) is 1.59. The normalized spacial score (nSPS) is 24.4. The van der Waals surface area contributed by atoms with Gasteiger partial charge in [-0.2, -0.15) is 0 Å². The lowest BCUT2D eigenvalue weighted by Gasteiger charge is -2.32. The van der Waals surface area contributed by atoms with Crippen LogP contribution in [0.4, 0.5) is 5.82 Å². The van der Waals surface area contributed by atoms with E-state index in [4.69, 9.17) is 11.6 Å². The number of likely N-dealkylation sites (tertiary alicyclic amines) is 1. The molecule has 2 aliphatic rings. The van der Waals surface area contributed by atoms with Gasteiger partial charge in [-0.05, 0) is 50.8 Å². The van der Waals surface area contributed by atoms with Crippen LogP contribution >= 0.6 is 11.6 Å². The van der Waals surface area contributed by atoms with Gasteiger partial charge >= 0.3 is 0 Å². The van der Waals surface area contributed by atoms with Crippen LogP contribution in [0.3, 0.4) is 0 Å². The van der Waals surface area contributed by atoms with Crippen molar-refractivity contribution in [3.8, 4) is 0 Å². The first-order valence-corrected chi connectivity index (χ1v) is 7.66. The van der Waals surface area contributed by atoms with E-state index in [9.17, 15) is 0 Å². The fraction of sp³-hybridized carbons (Fsp3) is 0.714. The number of rotatable bonds is 4. The molecule has 1 saturated heterocycles. The van der Waals surface area contributed by atoms with Crippen molar-refractivity contribution in [3.05, 3.63) is 16.8 Å². The maximum absolute atomic E-state index is 5.97. The summed E-state index contributed by atoms with van der Waals surface area (Å²) in [5, 5.41) is 12.4. The number of piperidine rings is 1. The predicted molar refractivity (Wildman–Crippen MR) is 77.8 cm³/mol. The quantitative estimate of drug-likeness (QED) is 0.921. The summed E-state index contributed by atoms with van der Waals surface area (Å²) >= 11 is 5.97. The highest BCUT2D eigenvalue weighted by atomic mass is 35.5. The lowest BCUT2D eigenvalue weighted by atomic mass is 10.1. The van der Waals surface area contributed by atoms with Crippen LogP contribution in [0.5, 0.6) is 0 Å². The molecule has 1 aliphatic carbocycles. The molecule has 1 atom stereocenters. The lowest BCUT2D eigenvalue weighted by molar-refractivity contribution is 0.226. The van der Waals surface area contributed by atoms with Gasteiger partial charge < -0.3 is 10.2 Å². The van der Waals surface area contributed by atoms with Gasteiger partial charge in [0.1, 0.15) is 0 Å². The van der Waals surface area contributed by atoms with Crippen LogP contribution in [0.1, 0.15) is 44.1 Å². The summed E-state index contributed by atoms with van der Waals surface area (Å²) in [5.41, 5.74) is 1.26. The molecule has 19 heavy (non-hydrogen) atoms. The Morgan fingerprint density at radius 1 is 1.37 bits per heavy atom. The van der Waals surface area contributed by atoms with E-state index >= 15 is 0 Å². The Morgan fingerprint density at radius 3 is 2.95 bits per heavy atom. The van der Waals surface area contributed by atoms with Crippen LogP contribution in [0.25, 0.3) is 0 Å². The van der Waals surface area contributed by atoms with Crippen LogP contribution in [0.2, 0.25) is 5.15 Å². The number of anilines is 1. The number of hydrogen-bond acceptors (Lipinski definition) is 4. The van der Waals surface area contributed by atoms with Gasteiger partial charge in [-0.3, -0.25) is 0 Å². The van der Waals surface area contributed by atoms with E-state index in [0.29, 0.717) is 17.1 Å². The molecule has 0 aromatic carbocycles. The third kappa shape index (κ3) is 3.18. The van der Waals surface area contributed by atoms with Crippen molar-refractivity contribution in [1.82, 2.24) is 15.1 Å². The van der Waals surface area contributed by atoms with E-state index < -0.39 is 0 Å². The molecule has 1 saturated carbocycles. The second kappa shape index (κ2) is 5.63. The van der Waals surface area contributed by atoms with E-state index in [1.54, 1.807) is 0 Å². The second-order valence-corrected chi connectivity index (χ2v) is 6.01. The average molecular weight is 281 g/mol. The monoisotopic (exact) mass is 280 g/mol. The Labute approximate surface area is 119 Å². The molecule has 1 aliphatic heterocycles. The van der Waals surface area contributed by atoms with Gasteiger partial charge in [0, 0.05) is 18.2 Å². The highest BCUT2D eigenvalue weighted by Crippen LogP contribution is 2.43. The van der Waals surface area contributed by atoms with E-state index in [-0.39, 0.29) is 0 Å². The molecular weight excluding hydrogens is 260 g/mol. The number of nitrogens with one attached hydrogen (secondary N) is 1. The highest BCUT2D eigenvalue weighted by molar-refractivity contribution is 6.29. The molecule has 0 bridgehead atoms. The van der Waals surface area contributed by atoms with Crippen LogP contribution in [0, 0.1) is 0 Å². The van der Waals surface area contributed by atoms with Gasteiger partial charge in [-0.15, -0.1) is 10.2 Å². The van der Waals surface area contributed by atoms with Gasteiger partial charge in [-0.25, -0.2) is 0 Å². The molecule has 0 amide bonds. The van der Waals surface area contributed by atoms with Gasteiger partial charge in [-0.1, -0.05) is 18.5 Å². The first-order chi connectivity index (χ1) is 9.26. The molecule has 104 valence electrons. The van der Waals surface area contributed by atoms with Crippen LogP contribution < -0.4 is 5.32 Å². The maximum Gasteiger partial charge on any atom is 0.152 e. The van der Waals surface area contributed by atoms with Crippen molar-refractivity contribution in [2.24, 2.45) is 0 Å². The predicted octanol–water partition coefficient (Wildman–Crippen LogP) is 2.90. The molecular formula is C14H21ClN4. The minimum atomic E-state index is 0.488. The molecule has 0 radical (unpaired) electrons. The Bertz CT molecular complexity index is 447. The number of nitrogens with zero attached hydrogens (tertiary/aromatic N) is 3. The summed E-state index contributed by atoms with van der Waals surface area (Å²) in [6, 6.07) is 2.47. The highest BCUT2D eigenvalue weighted by Gasteiger charge is 2.29. The molecule has 1 N–H and O–H groups in total. The summed E-state index contributed by atoms with van der Waals surface area (Å²) < 4.78 is 0. The molecule has 2 heterocycles. The SMILES string of the molecule is CCN1CCC[C@@H](Nc2nnc(Cl)cc2C2CC2)C1. The fourth-order valence-electron chi connectivity index (χ4n) is 2.85. The number of hydrogen-bond donors (Lipinski definition) is 1. The Morgan fingerprint density at radius 2 is 2.21 bits per heavy atom. The van der Waals surface area contributed by atoms with Crippen LogP contribution in [-0.2, 0) is 0 Å². The molecule has 5 heteroatoms. The molecule has 2 fully saturated rings. The number of likely N-dealkylation sites (N-methyl/N-ethyl adjacent to an activating group) is 1. The Kier molecular flexibility index (Phi) is 3.89. The topological polar surface area (TPSA) is 41.0 Å². The largest absolute Gasteiger partial charge is 0.364 e. The second-order valence-electron chi connectivity index (χ2n) is 5.62. The summed E-state index contributed by atoms with van der Waals surface area (Å²) in [6.07, 6.45) is 4.97. The number of halogens is 1. The third-order valence-electron chi connectivity index (χ3n) is 4.10. The summed E-state index contributed by atoms with van der Waals surface area (Å²) in [6.45, 7) is 5.67. The third-order valence-corrected chi connectivity index (χ3v) is 4.29. The molecule has 3 rings (SSSR count). The fourth-order valence-corrected chi connectivity index (χ4v) is 3.01. The Balaban J connectivity index is 1.72. The molecule has 0 unspecified atom stereocenters. The lowest BCUT2D eigenvalue weighted by Crippen LogP contribution is -2.42. The first-order valence-electron chi connectivity index (χ1n) is 7.28. The Hall–Kier alpha value is -0.870. The van der Waals surface area contributed by atoms with Crippen molar-refractivity contribution >= 4 is 17.4 Å². The molecule has 1 aromatic heterocycles. The molecule has 0 spiro atoms. The zero-order chi connectivity index (χ0) is 13.2. The molecule has 4 nitrogen and oxygen atoms in total. The van der Waals surface area contributed by atoms with E-state index in [2.05, 4.69) is 27.3 Å². The molecule has 1 aromatic rings. The zero-order valence-corrected chi connectivity index (χ0v) is 12.2. The summed E-state index contributed by atoms with van der Waals surface area (Å²) in [7, 11) is 0. The smallest absolute Gasteiger partial charge is 0.152 e. The minimum Gasteiger partial charge on any atom is -0.364 e. The van der Waals surface area contributed by atoms with Gasteiger partial charge in [0.25, 0.3) is 0 Å². The maximum atomic E-state index is 5.97. The number of aromatic nitrogens is 2. The van der Waals surface area contributed by atoms with Crippen molar-refractivity contribution < 1.29 is 0 Å². The van der Waals surface area contributed by atoms with E-state index in [0.717, 1.165) is 18.9 Å². The zero-order valence-electron chi connectivity index (χ0n) is 11.4.